The van der Waals surface area contributed by atoms with E-state index in [4.69, 9.17) is 22.1 Å². The van der Waals surface area contributed by atoms with Crippen LogP contribution in [-0.4, -0.2) is 23.5 Å². The molecule has 8 heteroatoms. The average molecular weight is 404 g/mol. The Morgan fingerprint density at radius 1 is 1.26 bits per heavy atom. The number of thiophene rings is 1. The van der Waals surface area contributed by atoms with Crippen LogP contribution in [0.2, 0.25) is 5.02 Å². The molecule has 6 nitrogen and oxygen atoms in total. The summed E-state index contributed by atoms with van der Waals surface area (Å²) < 4.78 is 5.11. The Labute approximate surface area is 165 Å². The molecule has 0 unspecified atom stereocenters. The quantitative estimate of drug-likeness (QED) is 0.634. The van der Waals surface area contributed by atoms with E-state index in [0.29, 0.717) is 22.1 Å². The number of hydrogen-bond acceptors (Lipinski definition) is 6. The summed E-state index contributed by atoms with van der Waals surface area (Å²) in [5.74, 6) is -1.03. The number of ether oxygens (including phenoxy) is 1. The number of aryl methyl sites for hydroxylation is 2. The topological polar surface area (TPSA) is 94.3 Å². The highest BCUT2D eigenvalue weighted by atomic mass is 35.5. The molecule has 3 N–H and O–H groups in total. The fourth-order valence-electron chi connectivity index (χ4n) is 2.67. The highest BCUT2D eigenvalue weighted by Crippen LogP contribution is 2.35. The Morgan fingerprint density at radius 3 is 2.67 bits per heavy atom. The number of rotatable bonds is 5. The molecule has 27 heavy (non-hydrogen) atoms. The van der Waals surface area contributed by atoms with E-state index in [9.17, 15) is 9.59 Å². The van der Waals surface area contributed by atoms with E-state index in [1.54, 1.807) is 12.1 Å². The van der Waals surface area contributed by atoms with Crippen LogP contribution in [0.15, 0.2) is 30.3 Å². The van der Waals surface area contributed by atoms with E-state index in [1.165, 1.54) is 11.3 Å². The molecule has 0 aliphatic carbocycles. The summed E-state index contributed by atoms with van der Waals surface area (Å²) in [6.45, 7) is 3.73. The number of amides is 1. The number of nitrogens with zero attached hydrogens (tertiary/aromatic N) is 1. The molecule has 0 radical (unpaired) electrons. The first-order chi connectivity index (χ1) is 12.8. The molecule has 0 atom stereocenters. The van der Waals surface area contributed by atoms with Gasteiger partial charge in [-0.05, 0) is 43.2 Å². The number of carbonyl (C=O) groups excluding carboxylic acids is 2. The van der Waals surface area contributed by atoms with Crippen molar-refractivity contribution in [2.45, 2.75) is 20.4 Å². The number of carbonyl (C=O) groups is 2. The molecule has 3 aromatic rings. The number of nitrogen functional groups attached to an aromatic ring is 1. The van der Waals surface area contributed by atoms with Crippen LogP contribution in [-0.2, 0) is 16.1 Å². The normalized spacial score (nSPS) is 10.8. The van der Waals surface area contributed by atoms with Crippen LogP contribution in [0.3, 0.4) is 0 Å². The monoisotopic (exact) mass is 403 g/mol. The van der Waals surface area contributed by atoms with Crippen LogP contribution in [0.1, 0.15) is 26.5 Å². The summed E-state index contributed by atoms with van der Waals surface area (Å²) in [6.07, 6.45) is 0. The maximum absolute atomic E-state index is 12.3. The highest BCUT2D eigenvalue weighted by molar-refractivity contribution is 7.21. The van der Waals surface area contributed by atoms with Gasteiger partial charge in [0.1, 0.15) is 9.71 Å². The predicted molar refractivity (Wildman–Crippen MR) is 107 cm³/mol. The highest BCUT2D eigenvalue weighted by Gasteiger charge is 2.20. The van der Waals surface area contributed by atoms with E-state index in [-0.39, 0.29) is 11.5 Å². The van der Waals surface area contributed by atoms with E-state index in [2.05, 4.69) is 10.3 Å². The Bertz CT molecular complexity index is 1020. The number of fused-ring (bicyclic) bond motifs is 1. The molecule has 0 fully saturated rings. The van der Waals surface area contributed by atoms with Crippen molar-refractivity contribution in [3.8, 4) is 0 Å². The fourth-order valence-corrected chi connectivity index (χ4v) is 3.91. The summed E-state index contributed by atoms with van der Waals surface area (Å²) in [5, 5.41) is 4.06. The lowest BCUT2D eigenvalue weighted by Crippen LogP contribution is -2.28. The molecular formula is C19H18ClN3O3S. The lowest BCUT2D eigenvalue weighted by atomic mass is 10.1. The van der Waals surface area contributed by atoms with Crippen molar-refractivity contribution in [2.24, 2.45) is 0 Å². The predicted octanol–water partition coefficient (Wildman–Crippen LogP) is 3.62. The van der Waals surface area contributed by atoms with Crippen molar-refractivity contribution in [2.75, 3.05) is 12.3 Å². The van der Waals surface area contributed by atoms with Gasteiger partial charge >= 0.3 is 5.97 Å². The molecule has 1 amide bonds. The number of benzene rings is 1. The zero-order valence-corrected chi connectivity index (χ0v) is 16.4. The smallest absolute Gasteiger partial charge is 0.351 e. The molecule has 0 aliphatic heterocycles. The molecular weight excluding hydrogens is 386 g/mol. The molecule has 0 aliphatic rings. The number of nitrogens with one attached hydrogen (secondary N) is 1. The number of hydrogen-bond donors (Lipinski definition) is 2. The summed E-state index contributed by atoms with van der Waals surface area (Å²) in [5.41, 5.74) is 9.13. The maximum atomic E-state index is 12.3. The van der Waals surface area contributed by atoms with Gasteiger partial charge in [-0.2, -0.15) is 0 Å². The largest absolute Gasteiger partial charge is 0.451 e. The Balaban J connectivity index is 1.61. The van der Waals surface area contributed by atoms with E-state index in [1.807, 2.05) is 32.0 Å². The lowest BCUT2D eigenvalue weighted by Gasteiger charge is -2.06. The molecule has 140 valence electrons. The van der Waals surface area contributed by atoms with Gasteiger partial charge < -0.3 is 15.8 Å². The van der Waals surface area contributed by atoms with Crippen LogP contribution in [0.25, 0.3) is 10.2 Å². The summed E-state index contributed by atoms with van der Waals surface area (Å²) in [6, 6.07) is 9.01. The standard InChI is InChI=1S/C19H18ClN3O3S/c1-10-7-11(2)23-18-15(10)16(21)17(27-18)19(25)26-9-14(24)22-8-12-3-5-13(20)6-4-12/h3-7H,8-9,21H2,1-2H3,(H,22,24). The minimum absolute atomic E-state index is 0.261. The van der Waals surface area contributed by atoms with Gasteiger partial charge in [-0.15, -0.1) is 11.3 Å². The van der Waals surface area contributed by atoms with Crippen molar-refractivity contribution < 1.29 is 14.3 Å². The number of nitrogens with two attached hydrogens (primary N) is 1. The summed E-state index contributed by atoms with van der Waals surface area (Å²) in [4.78, 5) is 29.6. The third-order valence-corrected chi connectivity index (χ3v) is 5.28. The maximum Gasteiger partial charge on any atom is 0.351 e. The second kappa shape index (κ2) is 7.94. The number of esters is 1. The number of aromatic nitrogens is 1. The molecule has 2 heterocycles. The van der Waals surface area contributed by atoms with Gasteiger partial charge in [0.15, 0.2) is 6.61 Å². The first kappa shape index (κ1) is 19.1. The van der Waals surface area contributed by atoms with Gasteiger partial charge in [0.25, 0.3) is 5.91 Å². The third kappa shape index (κ3) is 4.37. The van der Waals surface area contributed by atoms with Crippen LogP contribution < -0.4 is 11.1 Å². The molecule has 0 saturated carbocycles. The number of halogens is 1. The van der Waals surface area contributed by atoms with Crippen molar-refractivity contribution in [1.82, 2.24) is 10.3 Å². The van der Waals surface area contributed by atoms with Gasteiger partial charge in [0, 0.05) is 22.6 Å². The molecule has 3 rings (SSSR count). The Hall–Kier alpha value is -2.64. The van der Waals surface area contributed by atoms with Gasteiger partial charge in [0.05, 0.1) is 5.69 Å². The van der Waals surface area contributed by atoms with Crippen LogP contribution in [0.5, 0.6) is 0 Å². The Kier molecular flexibility index (Phi) is 5.62. The third-order valence-electron chi connectivity index (χ3n) is 3.95. The number of pyridine rings is 1. The minimum Gasteiger partial charge on any atom is -0.451 e. The number of anilines is 1. The van der Waals surface area contributed by atoms with Gasteiger partial charge in [-0.3, -0.25) is 4.79 Å². The van der Waals surface area contributed by atoms with E-state index >= 15 is 0 Å². The first-order valence-corrected chi connectivity index (χ1v) is 9.39. The van der Waals surface area contributed by atoms with Crippen molar-refractivity contribution >= 4 is 50.7 Å². The van der Waals surface area contributed by atoms with Crippen molar-refractivity contribution in [3.63, 3.8) is 0 Å². The zero-order chi connectivity index (χ0) is 19.6. The minimum atomic E-state index is -0.630. The van der Waals surface area contributed by atoms with Crippen molar-refractivity contribution in [1.29, 1.82) is 0 Å². The van der Waals surface area contributed by atoms with Crippen LogP contribution in [0, 0.1) is 13.8 Å². The molecule has 0 bridgehead atoms. The van der Waals surface area contributed by atoms with Crippen molar-refractivity contribution in [3.05, 3.63) is 57.1 Å². The second-order valence-corrected chi connectivity index (χ2v) is 7.52. The van der Waals surface area contributed by atoms with Gasteiger partial charge in [0.2, 0.25) is 0 Å². The molecule has 1 aromatic carbocycles. The Morgan fingerprint density at radius 2 is 1.96 bits per heavy atom. The zero-order valence-electron chi connectivity index (χ0n) is 14.8. The molecule has 0 saturated heterocycles. The molecule has 2 aromatic heterocycles. The SMILES string of the molecule is Cc1cc(C)c2c(N)c(C(=O)OCC(=O)NCc3ccc(Cl)cc3)sc2n1. The van der Waals surface area contributed by atoms with Crippen LogP contribution >= 0.6 is 22.9 Å². The van der Waals surface area contributed by atoms with E-state index in [0.717, 1.165) is 22.2 Å². The first-order valence-electron chi connectivity index (χ1n) is 8.19. The van der Waals surface area contributed by atoms with E-state index < -0.39 is 11.9 Å². The van der Waals surface area contributed by atoms with Gasteiger partial charge in [-0.25, -0.2) is 9.78 Å². The second-order valence-electron chi connectivity index (χ2n) is 6.08. The average Bonchev–Trinajstić information content (AvgIpc) is 2.95. The fraction of sp³-hybridized carbons (Fsp3) is 0.211. The lowest BCUT2D eigenvalue weighted by molar-refractivity contribution is -0.124. The summed E-state index contributed by atoms with van der Waals surface area (Å²) in [7, 11) is 0. The van der Waals surface area contributed by atoms with Crippen LogP contribution in [0.4, 0.5) is 5.69 Å². The molecule has 0 spiro atoms. The van der Waals surface area contributed by atoms with Gasteiger partial charge in [-0.1, -0.05) is 23.7 Å². The summed E-state index contributed by atoms with van der Waals surface area (Å²) >= 11 is 6.99.